The standard InChI is InChI=1S/C17H20N2O2S/c1-21-12-10-18-17(20)15-8-9-16(22-15)19-11-4-6-13-5-2-3-7-14(13)19/h2-3,5,7-9H,4,6,10-12H2,1H3,(H,18,20). The van der Waals surface area contributed by atoms with Crippen LogP contribution in [-0.2, 0) is 11.2 Å². The summed E-state index contributed by atoms with van der Waals surface area (Å²) in [7, 11) is 1.63. The number of anilines is 2. The van der Waals surface area contributed by atoms with Crippen molar-refractivity contribution in [2.24, 2.45) is 0 Å². The third-order valence-electron chi connectivity index (χ3n) is 3.78. The molecule has 2 aromatic rings. The van der Waals surface area contributed by atoms with Crippen LogP contribution < -0.4 is 10.2 Å². The first-order chi connectivity index (χ1) is 10.8. The first kappa shape index (κ1) is 15.1. The van der Waals surface area contributed by atoms with E-state index >= 15 is 0 Å². The third kappa shape index (κ3) is 3.15. The van der Waals surface area contributed by atoms with Crippen molar-refractivity contribution >= 4 is 27.9 Å². The number of methoxy groups -OCH3 is 1. The number of thiophene rings is 1. The molecule has 0 radical (unpaired) electrons. The first-order valence-electron chi connectivity index (χ1n) is 7.52. The van der Waals surface area contributed by atoms with Crippen molar-refractivity contribution < 1.29 is 9.53 Å². The van der Waals surface area contributed by atoms with Gasteiger partial charge in [-0.15, -0.1) is 11.3 Å². The maximum atomic E-state index is 12.1. The lowest BCUT2D eigenvalue weighted by Gasteiger charge is -2.30. The van der Waals surface area contributed by atoms with Gasteiger partial charge in [0.2, 0.25) is 0 Å². The second-order valence-corrected chi connectivity index (χ2v) is 6.33. The predicted octanol–water partition coefficient (Wildman–Crippen LogP) is 3.21. The normalized spacial score (nSPS) is 13.8. The largest absolute Gasteiger partial charge is 0.383 e. The molecule has 0 atom stereocenters. The Morgan fingerprint density at radius 2 is 2.18 bits per heavy atom. The minimum atomic E-state index is -0.0291. The van der Waals surface area contributed by atoms with E-state index in [9.17, 15) is 4.79 Å². The molecule has 0 bridgehead atoms. The third-order valence-corrected chi connectivity index (χ3v) is 4.89. The van der Waals surface area contributed by atoms with Gasteiger partial charge in [0.1, 0.15) is 0 Å². The summed E-state index contributed by atoms with van der Waals surface area (Å²) >= 11 is 1.54. The summed E-state index contributed by atoms with van der Waals surface area (Å²) in [5.74, 6) is -0.0291. The molecular weight excluding hydrogens is 296 g/mol. The molecule has 3 rings (SSSR count). The topological polar surface area (TPSA) is 41.6 Å². The lowest BCUT2D eigenvalue weighted by atomic mass is 10.0. The van der Waals surface area contributed by atoms with E-state index in [1.807, 2.05) is 12.1 Å². The average molecular weight is 316 g/mol. The summed E-state index contributed by atoms with van der Waals surface area (Å²) < 4.78 is 4.95. The van der Waals surface area contributed by atoms with Crippen molar-refractivity contribution in [1.82, 2.24) is 5.32 Å². The fraction of sp³-hybridized carbons (Fsp3) is 0.353. The quantitative estimate of drug-likeness (QED) is 0.861. The van der Waals surface area contributed by atoms with Gasteiger partial charge in [0.05, 0.1) is 16.5 Å². The van der Waals surface area contributed by atoms with E-state index in [2.05, 4.69) is 34.5 Å². The van der Waals surface area contributed by atoms with Crippen LogP contribution >= 0.6 is 11.3 Å². The van der Waals surface area contributed by atoms with Gasteiger partial charge in [-0.1, -0.05) is 18.2 Å². The molecule has 1 amide bonds. The Morgan fingerprint density at radius 3 is 3.05 bits per heavy atom. The molecule has 5 heteroatoms. The van der Waals surface area contributed by atoms with E-state index in [0.717, 1.165) is 29.3 Å². The van der Waals surface area contributed by atoms with E-state index in [0.29, 0.717) is 13.2 Å². The second-order valence-electron chi connectivity index (χ2n) is 5.27. The summed E-state index contributed by atoms with van der Waals surface area (Å²) in [6, 6.07) is 12.5. The number of rotatable bonds is 5. The number of hydrogen-bond acceptors (Lipinski definition) is 4. The van der Waals surface area contributed by atoms with Crippen LogP contribution in [-0.4, -0.2) is 32.7 Å². The van der Waals surface area contributed by atoms with E-state index in [4.69, 9.17) is 4.74 Å². The van der Waals surface area contributed by atoms with E-state index < -0.39 is 0 Å². The van der Waals surface area contributed by atoms with Gasteiger partial charge in [-0.25, -0.2) is 0 Å². The molecule has 22 heavy (non-hydrogen) atoms. The van der Waals surface area contributed by atoms with E-state index in [1.54, 1.807) is 18.4 Å². The number of benzene rings is 1. The monoisotopic (exact) mass is 316 g/mol. The summed E-state index contributed by atoms with van der Waals surface area (Å²) in [5, 5.41) is 3.99. The number of para-hydroxylation sites is 1. The number of nitrogens with zero attached hydrogens (tertiary/aromatic N) is 1. The van der Waals surface area contributed by atoms with Gasteiger partial charge in [0.25, 0.3) is 5.91 Å². The van der Waals surface area contributed by atoms with E-state index in [1.165, 1.54) is 11.3 Å². The fourth-order valence-corrected chi connectivity index (χ4v) is 3.67. The number of ether oxygens (including phenoxy) is 1. The van der Waals surface area contributed by atoms with Crippen molar-refractivity contribution in [1.29, 1.82) is 0 Å². The predicted molar refractivity (Wildman–Crippen MR) is 90.3 cm³/mol. The molecule has 0 fully saturated rings. The maximum absolute atomic E-state index is 12.1. The molecule has 1 aliphatic rings. The van der Waals surface area contributed by atoms with Crippen molar-refractivity contribution in [3.8, 4) is 0 Å². The molecule has 0 spiro atoms. The minimum Gasteiger partial charge on any atom is -0.383 e. The van der Waals surface area contributed by atoms with Crippen LogP contribution in [0.25, 0.3) is 0 Å². The number of amides is 1. The minimum absolute atomic E-state index is 0.0291. The molecule has 1 aromatic heterocycles. The highest BCUT2D eigenvalue weighted by molar-refractivity contribution is 7.18. The number of carbonyl (C=O) groups is 1. The molecular formula is C17H20N2O2S. The molecule has 1 aliphatic heterocycles. The molecule has 2 heterocycles. The van der Waals surface area contributed by atoms with Crippen molar-refractivity contribution in [2.45, 2.75) is 12.8 Å². The number of carbonyl (C=O) groups excluding carboxylic acids is 1. The van der Waals surface area contributed by atoms with Gasteiger partial charge >= 0.3 is 0 Å². The molecule has 0 aliphatic carbocycles. The van der Waals surface area contributed by atoms with Crippen LogP contribution in [0.15, 0.2) is 36.4 Å². The Balaban J connectivity index is 1.76. The Bertz CT molecular complexity index is 654. The lowest BCUT2D eigenvalue weighted by Crippen LogP contribution is -2.26. The molecule has 1 aromatic carbocycles. The second kappa shape index (κ2) is 6.94. The first-order valence-corrected chi connectivity index (χ1v) is 8.33. The SMILES string of the molecule is COCCNC(=O)c1ccc(N2CCCc3ccccc32)s1. The highest BCUT2D eigenvalue weighted by Crippen LogP contribution is 2.37. The Hall–Kier alpha value is -1.85. The average Bonchev–Trinajstić information content (AvgIpc) is 3.04. The van der Waals surface area contributed by atoms with Gasteiger partial charge in [-0.05, 0) is 36.6 Å². The number of hydrogen-bond donors (Lipinski definition) is 1. The van der Waals surface area contributed by atoms with Crippen molar-refractivity contribution in [2.75, 3.05) is 31.7 Å². The van der Waals surface area contributed by atoms with Gasteiger partial charge in [0.15, 0.2) is 0 Å². The Kier molecular flexibility index (Phi) is 4.75. The maximum Gasteiger partial charge on any atom is 0.261 e. The summed E-state index contributed by atoms with van der Waals surface area (Å²) in [4.78, 5) is 15.1. The van der Waals surface area contributed by atoms with Crippen molar-refractivity contribution in [3.05, 3.63) is 46.8 Å². The molecule has 0 saturated carbocycles. The zero-order valence-electron chi connectivity index (χ0n) is 12.7. The van der Waals surface area contributed by atoms with Crippen LogP contribution in [0.2, 0.25) is 0 Å². The zero-order chi connectivity index (χ0) is 15.4. The number of aryl methyl sites for hydroxylation is 1. The van der Waals surface area contributed by atoms with Crippen molar-refractivity contribution in [3.63, 3.8) is 0 Å². The smallest absolute Gasteiger partial charge is 0.261 e. The van der Waals surface area contributed by atoms with Crippen LogP contribution in [0.5, 0.6) is 0 Å². The number of fused-ring (bicyclic) bond motifs is 1. The fourth-order valence-electron chi connectivity index (χ4n) is 2.71. The molecule has 1 N–H and O–H groups in total. The summed E-state index contributed by atoms with van der Waals surface area (Å²) in [6.45, 7) is 2.07. The van der Waals surface area contributed by atoms with Gasteiger partial charge in [-0.3, -0.25) is 4.79 Å². The van der Waals surface area contributed by atoms with Gasteiger partial charge in [0, 0.05) is 25.9 Å². The molecule has 4 nitrogen and oxygen atoms in total. The van der Waals surface area contributed by atoms with Gasteiger partial charge < -0.3 is 15.0 Å². The zero-order valence-corrected chi connectivity index (χ0v) is 13.5. The Morgan fingerprint density at radius 1 is 1.32 bits per heavy atom. The van der Waals surface area contributed by atoms with E-state index in [-0.39, 0.29) is 5.91 Å². The molecule has 0 unspecified atom stereocenters. The molecule has 0 saturated heterocycles. The van der Waals surface area contributed by atoms with Crippen LogP contribution in [0, 0.1) is 0 Å². The summed E-state index contributed by atoms with van der Waals surface area (Å²) in [6.07, 6.45) is 2.27. The van der Waals surface area contributed by atoms with Gasteiger partial charge in [-0.2, -0.15) is 0 Å². The highest BCUT2D eigenvalue weighted by Gasteiger charge is 2.20. The summed E-state index contributed by atoms with van der Waals surface area (Å²) in [5.41, 5.74) is 2.65. The Labute approximate surface area is 134 Å². The lowest BCUT2D eigenvalue weighted by molar-refractivity contribution is 0.0941. The molecule has 116 valence electrons. The van der Waals surface area contributed by atoms with Crippen LogP contribution in [0.1, 0.15) is 21.7 Å². The number of nitrogens with one attached hydrogen (secondary N) is 1. The highest BCUT2D eigenvalue weighted by atomic mass is 32.1. The van der Waals surface area contributed by atoms with Crippen LogP contribution in [0.4, 0.5) is 10.7 Å². The van der Waals surface area contributed by atoms with Crippen LogP contribution in [0.3, 0.4) is 0 Å².